The Bertz CT molecular complexity index is 386. The lowest BCUT2D eigenvalue weighted by molar-refractivity contribution is -0.284. The van der Waals surface area contributed by atoms with Crippen molar-refractivity contribution in [2.24, 2.45) is 11.3 Å². The average molecular weight is 264 g/mol. The van der Waals surface area contributed by atoms with Gasteiger partial charge >= 0.3 is 0 Å². The van der Waals surface area contributed by atoms with E-state index in [2.05, 4.69) is 18.4 Å². The highest BCUT2D eigenvalue weighted by Crippen LogP contribution is 2.35. The lowest BCUT2D eigenvalue weighted by atomic mass is 9.82. The number of carbonyl (C=O) groups is 1. The van der Waals surface area contributed by atoms with Crippen LogP contribution >= 0.6 is 0 Å². The Morgan fingerprint density at radius 2 is 1.95 bits per heavy atom. The van der Waals surface area contributed by atoms with Crippen LogP contribution < -0.4 is 0 Å². The quantitative estimate of drug-likeness (QED) is 0.445. The Labute approximate surface area is 116 Å². The zero-order valence-electron chi connectivity index (χ0n) is 12.4. The predicted octanol–water partition coefficient (Wildman–Crippen LogP) is 2.95. The molecule has 19 heavy (non-hydrogen) atoms. The molecule has 3 nitrogen and oxygen atoms in total. The van der Waals surface area contributed by atoms with Crippen molar-refractivity contribution in [1.82, 2.24) is 0 Å². The van der Waals surface area contributed by atoms with Gasteiger partial charge in [0.25, 0.3) is 0 Å². The van der Waals surface area contributed by atoms with Crippen LogP contribution in [0.4, 0.5) is 0 Å². The molecule has 0 aromatic heterocycles. The van der Waals surface area contributed by atoms with Gasteiger partial charge in [-0.25, -0.2) is 0 Å². The van der Waals surface area contributed by atoms with Crippen molar-refractivity contribution >= 4 is 5.78 Å². The van der Waals surface area contributed by atoms with Gasteiger partial charge in [-0.2, -0.15) is 0 Å². The van der Waals surface area contributed by atoms with Gasteiger partial charge in [-0.1, -0.05) is 25.8 Å². The maximum absolute atomic E-state index is 11.5. The minimum Gasteiger partial charge on any atom is -0.350 e. The summed E-state index contributed by atoms with van der Waals surface area (Å²) in [5.74, 6) is 5.08. The maximum Gasteiger partial charge on any atom is 0.207 e. The number of hydrogen-bond acceptors (Lipinski definition) is 3. The standard InChI is InChI=1S/C16H24O3/c1-6-9-16(10-7-8-14(17)13(2)3)11-18-15(4,5)19-12-16/h6,13H,1,9-12H2,2-5H3. The second kappa shape index (κ2) is 6.36. The summed E-state index contributed by atoms with van der Waals surface area (Å²) in [4.78, 5) is 11.5. The van der Waals surface area contributed by atoms with E-state index in [0.29, 0.717) is 19.6 Å². The van der Waals surface area contributed by atoms with Crippen molar-refractivity contribution < 1.29 is 14.3 Å². The van der Waals surface area contributed by atoms with Gasteiger partial charge in [-0.05, 0) is 26.2 Å². The van der Waals surface area contributed by atoms with Crippen molar-refractivity contribution in [2.45, 2.75) is 46.3 Å². The molecule has 0 aliphatic carbocycles. The first-order valence-corrected chi connectivity index (χ1v) is 6.72. The third-order valence-electron chi connectivity index (χ3n) is 3.23. The van der Waals surface area contributed by atoms with Gasteiger partial charge in [0, 0.05) is 17.8 Å². The number of Topliss-reactive ketones (excluding diaryl/α,β-unsaturated/α-hetero) is 1. The van der Waals surface area contributed by atoms with Gasteiger partial charge in [0.2, 0.25) is 5.78 Å². The second-order valence-corrected chi connectivity index (χ2v) is 5.97. The van der Waals surface area contributed by atoms with Crippen LogP contribution in [0.25, 0.3) is 0 Å². The number of carbonyl (C=O) groups excluding carboxylic acids is 1. The van der Waals surface area contributed by atoms with Gasteiger partial charge in [0.05, 0.1) is 13.2 Å². The van der Waals surface area contributed by atoms with Crippen LogP contribution in [0.5, 0.6) is 0 Å². The fourth-order valence-corrected chi connectivity index (χ4v) is 1.80. The minimum atomic E-state index is -0.536. The van der Waals surface area contributed by atoms with Crippen LogP contribution in [-0.4, -0.2) is 24.8 Å². The highest BCUT2D eigenvalue weighted by Gasteiger charge is 2.38. The molecule has 1 fully saturated rings. The Balaban J connectivity index is 2.68. The van der Waals surface area contributed by atoms with E-state index in [0.717, 1.165) is 6.42 Å². The zero-order valence-corrected chi connectivity index (χ0v) is 12.4. The van der Waals surface area contributed by atoms with E-state index in [4.69, 9.17) is 9.47 Å². The molecule has 0 saturated carbocycles. The van der Waals surface area contributed by atoms with Gasteiger partial charge in [0.1, 0.15) is 0 Å². The third kappa shape index (κ3) is 4.81. The summed E-state index contributed by atoms with van der Waals surface area (Å²) in [6, 6.07) is 0. The predicted molar refractivity (Wildman–Crippen MR) is 75.5 cm³/mol. The van der Waals surface area contributed by atoms with Crippen LogP contribution in [0.15, 0.2) is 12.7 Å². The fourth-order valence-electron chi connectivity index (χ4n) is 1.80. The first kappa shape index (κ1) is 15.9. The Morgan fingerprint density at radius 3 is 2.42 bits per heavy atom. The molecule has 106 valence electrons. The summed E-state index contributed by atoms with van der Waals surface area (Å²) in [6.45, 7) is 12.5. The number of ether oxygens (including phenoxy) is 2. The van der Waals surface area contributed by atoms with E-state index < -0.39 is 5.79 Å². The molecule has 0 unspecified atom stereocenters. The molecule has 0 spiro atoms. The van der Waals surface area contributed by atoms with E-state index in [9.17, 15) is 4.79 Å². The van der Waals surface area contributed by atoms with Crippen molar-refractivity contribution in [2.75, 3.05) is 13.2 Å². The molecular formula is C16H24O3. The molecule has 1 aliphatic heterocycles. The first-order chi connectivity index (χ1) is 8.80. The topological polar surface area (TPSA) is 35.5 Å². The third-order valence-corrected chi connectivity index (χ3v) is 3.23. The van der Waals surface area contributed by atoms with Crippen molar-refractivity contribution in [3.63, 3.8) is 0 Å². The van der Waals surface area contributed by atoms with Crippen molar-refractivity contribution in [3.8, 4) is 11.8 Å². The van der Waals surface area contributed by atoms with Crippen LogP contribution in [-0.2, 0) is 14.3 Å². The van der Waals surface area contributed by atoms with E-state index in [-0.39, 0.29) is 17.1 Å². The molecule has 1 saturated heterocycles. The first-order valence-electron chi connectivity index (χ1n) is 6.72. The smallest absolute Gasteiger partial charge is 0.207 e. The SMILES string of the molecule is C=CCC1(CC#CC(=O)C(C)C)COC(C)(C)OC1. The number of ketones is 1. The molecule has 0 amide bonds. The summed E-state index contributed by atoms with van der Waals surface area (Å²) in [5, 5.41) is 0. The summed E-state index contributed by atoms with van der Waals surface area (Å²) in [7, 11) is 0. The Hall–Kier alpha value is -1.11. The second-order valence-electron chi connectivity index (χ2n) is 5.97. The van der Waals surface area contributed by atoms with Crippen LogP contribution in [0.3, 0.4) is 0 Å². The van der Waals surface area contributed by atoms with E-state index >= 15 is 0 Å². The highest BCUT2D eigenvalue weighted by atomic mass is 16.7. The van der Waals surface area contributed by atoms with E-state index in [1.54, 1.807) is 0 Å². The molecule has 1 rings (SSSR count). The molecule has 0 N–H and O–H groups in total. The molecule has 3 heteroatoms. The molecule has 0 aromatic rings. The monoisotopic (exact) mass is 264 g/mol. The zero-order chi connectivity index (χ0) is 14.5. The lowest BCUT2D eigenvalue weighted by Gasteiger charge is -2.42. The average Bonchev–Trinajstić information content (AvgIpc) is 2.33. The number of allylic oxidation sites excluding steroid dienone is 1. The summed E-state index contributed by atoms with van der Waals surface area (Å²) in [6.07, 6.45) is 3.22. The summed E-state index contributed by atoms with van der Waals surface area (Å²) < 4.78 is 11.4. The van der Waals surface area contributed by atoms with Gasteiger partial charge in [-0.3, -0.25) is 4.79 Å². The molecule has 0 bridgehead atoms. The van der Waals surface area contributed by atoms with Crippen molar-refractivity contribution in [1.29, 1.82) is 0 Å². The largest absolute Gasteiger partial charge is 0.350 e. The molecule has 0 aromatic carbocycles. The highest BCUT2D eigenvalue weighted by molar-refractivity contribution is 5.96. The van der Waals surface area contributed by atoms with Crippen molar-refractivity contribution in [3.05, 3.63) is 12.7 Å². The van der Waals surface area contributed by atoms with E-state index in [1.807, 2.05) is 33.8 Å². The van der Waals surface area contributed by atoms with Gasteiger partial charge < -0.3 is 9.47 Å². The molecule has 1 heterocycles. The van der Waals surface area contributed by atoms with E-state index in [1.165, 1.54) is 0 Å². The molecule has 0 radical (unpaired) electrons. The summed E-state index contributed by atoms with van der Waals surface area (Å²) >= 11 is 0. The fraction of sp³-hybridized carbons (Fsp3) is 0.688. The van der Waals surface area contributed by atoms with Crippen LogP contribution in [0.1, 0.15) is 40.5 Å². The van der Waals surface area contributed by atoms with Gasteiger partial charge in [-0.15, -0.1) is 6.58 Å². The molecule has 1 aliphatic rings. The molecular weight excluding hydrogens is 240 g/mol. The number of hydrogen-bond donors (Lipinski definition) is 0. The van der Waals surface area contributed by atoms with Gasteiger partial charge in [0.15, 0.2) is 5.79 Å². The number of rotatable bonds is 4. The Kier molecular flexibility index (Phi) is 5.34. The lowest BCUT2D eigenvalue weighted by Crippen LogP contribution is -2.46. The maximum atomic E-state index is 11.5. The molecule has 0 atom stereocenters. The van der Waals surface area contributed by atoms with Crippen LogP contribution in [0.2, 0.25) is 0 Å². The summed E-state index contributed by atoms with van der Waals surface area (Å²) in [5.41, 5.74) is -0.179. The Morgan fingerprint density at radius 1 is 1.37 bits per heavy atom. The normalized spacial score (nSPS) is 20.5. The van der Waals surface area contributed by atoms with Crippen LogP contribution in [0, 0.1) is 23.2 Å². The minimum absolute atomic E-state index is 0.0215.